The third-order valence-electron chi connectivity index (χ3n) is 11.4. The lowest BCUT2D eigenvalue weighted by Gasteiger charge is -2.67. The highest BCUT2D eigenvalue weighted by molar-refractivity contribution is 5.94. The monoisotopic (exact) mass is 674 g/mol. The molecule has 11 nitrogen and oxygen atoms in total. The first-order valence-electron chi connectivity index (χ1n) is 16.4. The van der Waals surface area contributed by atoms with Crippen LogP contribution in [0.2, 0.25) is 0 Å². The minimum atomic E-state index is -2.17. The summed E-state index contributed by atoms with van der Waals surface area (Å²) >= 11 is 0. The number of esters is 3. The van der Waals surface area contributed by atoms with Gasteiger partial charge in [0.25, 0.3) is 0 Å². The first-order valence-corrected chi connectivity index (χ1v) is 16.4. The molecule has 1 aliphatic heterocycles. The van der Waals surface area contributed by atoms with E-state index in [0.29, 0.717) is 5.57 Å². The van der Waals surface area contributed by atoms with Crippen LogP contribution in [0.3, 0.4) is 0 Å². The quantitative estimate of drug-likeness (QED) is 0.178. The topological polar surface area (TPSA) is 166 Å². The van der Waals surface area contributed by atoms with E-state index in [2.05, 4.69) is 0 Å². The van der Waals surface area contributed by atoms with Gasteiger partial charge < -0.3 is 34.3 Å². The first kappa shape index (κ1) is 34.7. The minimum absolute atomic E-state index is 0.0808. The fourth-order valence-corrected chi connectivity index (χ4v) is 8.68. The molecule has 3 N–H and O–H groups in total. The molecular weight excluding hydrogens is 632 g/mol. The van der Waals surface area contributed by atoms with Crippen molar-refractivity contribution in [3.8, 4) is 0 Å². The summed E-state index contributed by atoms with van der Waals surface area (Å²) in [4.78, 5) is 54.6. The Balaban J connectivity index is 1.54. The molecule has 2 saturated carbocycles. The number of fused-ring (bicyclic) bond motifs is 5. The van der Waals surface area contributed by atoms with E-state index in [4.69, 9.17) is 18.9 Å². The molecule has 4 aliphatic rings. The molecule has 3 aliphatic carbocycles. The fraction of sp³-hybridized carbons (Fsp3) is 0.474. The summed E-state index contributed by atoms with van der Waals surface area (Å²) in [5.74, 6) is -4.51. The van der Waals surface area contributed by atoms with Gasteiger partial charge in [0, 0.05) is 31.3 Å². The Kier molecular flexibility index (Phi) is 8.72. The van der Waals surface area contributed by atoms with Gasteiger partial charge in [0.15, 0.2) is 11.4 Å². The van der Waals surface area contributed by atoms with E-state index in [0.717, 1.165) is 5.56 Å². The van der Waals surface area contributed by atoms with Gasteiger partial charge in [0.1, 0.15) is 30.0 Å². The third-order valence-corrected chi connectivity index (χ3v) is 11.4. The number of carbonyl (C=O) groups is 4. The van der Waals surface area contributed by atoms with Crippen molar-refractivity contribution in [3.05, 3.63) is 89.0 Å². The predicted octanol–water partition coefficient (Wildman–Crippen LogP) is 3.35. The highest BCUT2D eigenvalue weighted by atomic mass is 16.6. The summed E-state index contributed by atoms with van der Waals surface area (Å²) < 4.78 is 24.0. The molecule has 1 saturated heterocycles. The maximum atomic E-state index is 14.7. The maximum absolute atomic E-state index is 14.7. The summed E-state index contributed by atoms with van der Waals surface area (Å²) in [5, 5.41) is 36.9. The van der Waals surface area contributed by atoms with E-state index >= 15 is 0 Å². The van der Waals surface area contributed by atoms with Gasteiger partial charge in [0.2, 0.25) is 0 Å². The Bertz CT molecular complexity index is 1720. The van der Waals surface area contributed by atoms with Crippen LogP contribution in [0, 0.1) is 16.7 Å². The van der Waals surface area contributed by atoms with Gasteiger partial charge in [-0.15, -0.1) is 0 Å². The molecule has 0 radical (unpaired) electrons. The van der Waals surface area contributed by atoms with E-state index in [1.807, 2.05) is 18.2 Å². The first-order chi connectivity index (χ1) is 23.1. The molecule has 3 fully saturated rings. The second-order valence-electron chi connectivity index (χ2n) is 14.3. The van der Waals surface area contributed by atoms with E-state index in [9.17, 15) is 34.5 Å². The molecule has 1 heterocycles. The lowest BCUT2D eigenvalue weighted by molar-refractivity contribution is -0.345. The summed E-state index contributed by atoms with van der Waals surface area (Å²) in [6.07, 6.45) is -4.68. The zero-order valence-corrected chi connectivity index (χ0v) is 28.1. The number of carbonyl (C=O) groups excluding carboxylic acids is 4. The summed E-state index contributed by atoms with van der Waals surface area (Å²) in [6.45, 7) is 7.28. The molecule has 2 aromatic rings. The van der Waals surface area contributed by atoms with Crippen LogP contribution in [0.1, 0.15) is 63.4 Å². The van der Waals surface area contributed by atoms with Crippen LogP contribution in [0.4, 0.5) is 0 Å². The number of benzene rings is 2. The minimum Gasteiger partial charge on any atom is -0.455 e. The van der Waals surface area contributed by atoms with Crippen molar-refractivity contribution in [1.82, 2.24) is 0 Å². The van der Waals surface area contributed by atoms with Gasteiger partial charge in [0.05, 0.1) is 29.6 Å². The number of ketones is 1. The molecule has 0 unspecified atom stereocenters. The highest BCUT2D eigenvalue weighted by Crippen LogP contribution is 2.64. The zero-order valence-electron chi connectivity index (χ0n) is 28.1. The maximum Gasteiger partial charge on any atom is 0.338 e. The number of aliphatic hydroxyl groups excluding tert-OH is 2. The van der Waals surface area contributed by atoms with Crippen molar-refractivity contribution in [2.45, 2.75) is 89.2 Å². The van der Waals surface area contributed by atoms with Gasteiger partial charge in [-0.2, -0.15) is 0 Å². The van der Waals surface area contributed by atoms with Crippen LogP contribution >= 0.6 is 0 Å². The molecule has 0 aromatic heterocycles. The SMILES string of the molecule is CC(=O)O[C@@]12CO[C@@H]1C[C@H](O)[C@@]1(C)C(=O)[C@H](O)C3=C(C)[C@@H](OC(=O)/C=C/c4ccccc4)C[C@](O)([C@@H](OC(=O)c4ccccc4)[C@H]21)C3(C)C. The number of Topliss-reactive ketones (excluding diaryl/α,β-unsaturated/α-hetero) is 1. The number of hydrogen-bond donors (Lipinski definition) is 3. The average Bonchev–Trinajstić information content (AvgIpc) is 3.06. The van der Waals surface area contributed by atoms with Crippen molar-refractivity contribution < 1.29 is 53.4 Å². The van der Waals surface area contributed by atoms with Crippen molar-refractivity contribution in [2.75, 3.05) is 6.61 Å². The molecule has 49 heavy (non-hydrogen) atoms. The molecule has 9 atom stereocenters. The largest absolute Gasteiger partial charge is 0.455 e. The molecule has 2 bridgehead atoms. The summed E-state index contributed by atoms with van der Waals surface area (Å²) in [7, 11) is 0. The van der Waals surface area contributed by atoms with E-state index in [1.54, 1.807) is 57.2 Å². The van der Waals surface area contributed by atoms with Crippen molar-refractivity contribution in [2.24, 2.45) is 16.7 Å². The molecule has 0 spiro atoms. The normalized spacial score (nSPS) is 36.4. The van der Waals surface area contributed by atoms with Gasteiger partial charge in [-0.25, -0.2) is 9.59 Å². The van der Waals surface area contributed by atoms with Crippen LogP contribution < -0.4 is 0 Å². The van der Waals surface area contributed by atoms with Gasteiger partial charge in [-0.3, -0.25) is 9.59 Å². The molecule has 6 rings (SSSR count). The Labute approximate surface area is 284 Å². The van der Waals surface area contributed by atoms with Gasteiger partial charge >= 0.3 is 17.9 Å². The molecular formula is C38H42O11. The van der Waals surface area contributed by atoms with E-state index in [1.165, 1.54) is 32.1 Å². The Morgan fingerprint density at radius 3 is 2.18 bits per heavy atom. The Hall–Kier alpha value is -4.16. The smallest absolute Gasteiger partial charge is 0.338 e. The van der Waals surface area contributed by atoms with E-state index in [-0.39, 0.29) is 30.6 Å². The second kappa shape index (κ2) is 12.3. The number of hydrogen-bond acceptors (Lipinski definition) is 11. The fourth-order valence-electron chi connectivity index (χ4n) is 8.68. The predicted molar refractivity (Wildman–Crippen MR) is 175 cm³/mol. The number of rotatable bonds is 6. The van der Waals surface area contributed by atoms with Crippen molar-refractivity contribution >= 4 is 29.8 Å². The Morgan fingerprint density at radius 2 is 1.59 bits per heavy atom. The van der Waals surface area contributed by atoms with Crippen LogP contribution in [-0.2, 0) is 33.3 Å². The lowest BCUT2D eigenvalue weighted by atomic mass is 9.44. The molecule has 11 heteroatoms. The average molecular weight is 675 g/mol. The second-order valence-corrected chi connectivity index (χ2v) is 14.3. The number of ether oxygens (including phenoxy) is 4. The number of aliphatic hydroxyl groups is 3. The van der Waals surface area contributed by atoms with Crippen LogP contribution in [0.15, 0.2) is 77.9 Å². The van der Waals surface area contributed by atoms with E-state index < -0.39 is 82.2 Å². The summed E-state index contributed by atoms with van der Waals surface area (Å²) in [5.41, 5.74) is -5.86. The van der Waals surface area contributed by atoms with Crippen molar-refractivity contribution in [3.63, 3.8) is 0 Å². The van der Waals surface area contributed by atoms with Crippen LogP contribution in [0.5, 0.6) is 0 Å². The highest BCUT2D eigenvalue weighted by Gasteiger charge is 2.78. The van der Waals surface area contributed by atoms with Gasteiger partial charge in [-0.05, 0) is 48.8 Å². The lowest BCUT2D eigenvalue weighted by Crippen LogP contribution is -2.81. The zero-order chi connectivity index (χ0) is 35.5. The van der Waals surface area contributed by atoms with Crippen molar-refractivity contribution in [1.29, 1.82) is 0 Å². The van der Waals surface area contributed by atoms with Gasteiger partial charge in [-0.1, -0.05) is 62.4 Å². The third kappa shape index (κ3) is 5.34. The van der Waals surface area contributed by atoms with Crippen LogP contribution in [-0.4, -0.2) is 87.3 Å². The van der Waals surface area contributed by atoms with Crippen LogP contribution in [0.25, 0.3) is 6.08 Å². The molecule has 260 valence electrons. The Morgan fingerprint density at radius 1 is 0.959 bits per heavy atom. The molecule has 0 amide bonds. The standard InChI is InChI=1S/C38H42O11/c1-21-25(47-28(41)17-16-23-12-8-6-9-13-23)19-38(45)33(48-34(44)24-14-10-7-11-15-24)31-36(5,32(43)30(42)29(21)35(38,3)4)26(40)18-27-37(31,20-46-27)49-22(2)39/h6-17,25-27,30-31,33,40,42,45H,18-20H2,1-5H3/b17-16+/t25-,26-,27+,30+,31-,33-,36+,37-,38-/m0/s1. The summed E-state index contributed by atoms with van der Waals surface area (Å²) in [6, 6.07) is 17.1. The molecule has 2 aromatic carbocycles.